The van der Waals surface area contributed by atoms with Crippen LogP contribution in [0.3, 0.4) is 0 Å². The molecule has 1 aromatic heterocycles. The van der Waals surface area contributed by atoms with E-state index in [1.165, 1.54) is 21.9 Å². The van der Waals surface area contributed by atoms with Gasteiger partial charge in [0.25, 0.3) is 0 Å². The fraction of sp³-hybridized carbons (Fsp3) is 0.500. The third-order valence-electron chi connectivity index (χ3n) is 1.23. The topological polar surface area (TPSA) is 0 Å². The van der Waals surface area contributed by atoms with Crippen LogP contribution in [0.5, 0.6) is 0 Å². The van der Waals surface area contributed by atoms with Crippen molar-refractivity contribution < 1.29 is 0 Å². The highest BCUT2D eigenvalue weighted by Crippen LogP contribution is 2.19. The average Bonchev–Trinajstić information content (AvgIpc) is 2.31. The number of rotatable bonds is 3. The Morgan fingerprint density at radius 3 is 2.90 bits per heavy atom. The summed E-state index contributed by atoms with van der Waals surface area (Å²) in [6.07, 6.45) is 0. The molecule has 0 amide bonds. The smallest absolute Gasteiger partial charge is 0.0278 e. The summed E-state index contributed by atoms with van der Waals surface area (Å²) >= 11 is 3.85. The summed E-state index contributed by atoms with van der Waals surface area (Å²) in [6.45, 7) is 4.35. The van der Waals surface area contributed by atoms with Crippen molar-refractivity contribution in [1.82, 2.24) is 0 Å². The highest BCUT2D eigenvalue weighted by molar-refractivity contribution is 7.98. The maximum Gasteiger partial charge on any atom is 0.0278 e. The van der Waals surface area contributed by atoms with Crippen LogP contribution in [0.4, 0.5) is 0 Å². The normalized spacial score (nSPS) is 10.2. The molecule has 0 saturated heterocycles. The van der Waals surface area contributed by atoms with Crippen LogP contribution < -0.4 is 0 Å². The summed E-state index contributed by atoms with van der Waals surface area (Å²) in [5.41, 5.74) is 1.40. The van der Waals surface area contributed by atoms with Crippen LogP contribution in [0, 0.1) is 6.92 Å². The van der Waals surface area contributed by atoms with Crippen molar-refractivity contribution >= 4 is 23.1 Å². The average molecular weight is 172 g/mol. The molecule has 0 spiro atoms. The summed E-state index contributed by atoms with van der Waals surface area (Å²) in [6, 6.07) is 2.27. The van der Waals surface area contributed by atoms with Crippen LogP contribution in [0.2, 0.25) is 0 Å². The third-order valence-corrected chi connectivity index (χ3v) is 3.39. The van der Waals surface area contributed by atoms with Crippen molar-refractivity contribution in [3.05, 3.63) is 21.9 Å². The first kappa shape index (κ1) is 8.15. The molecular weight excluding hydrogens is 160 g/mol. The minimum absolute atomic E-state index is 1.19. The molecule has 0 atom stereocenters. The fourth-order valence-electron chi connectivity index (χ4n) is 0.769. The molecular formula is C8H12S2. The van der Waals surface area contributed by atoms with E-state index >= 15 is 0 Å². The minimum Gasteiger partial charge on any atom is -0.157 e. The molecule has 0 N–H and O–H groups in total. The lowest BCUT2D eigenvalue weighted by atomic mass is 10.4. The zero-order valence-electron chi connectivity index (χ0n) is 6.39. The standard InChI is InChI=1S/C8H12S2/c1-3-9-6-8-4-7(2)5-10-8/h4-5H,3,6H2,1-2H3. The second kappa shape index (κ2) is 4.04. The number of thioether (sulfide) groups is 1. The molecule has 2 heteroatoms. The Kier molecular flexibility index (Phi) is 3.29. The SMILES string of the molecule is CCSCc1cc(C)cs1. The molecule has 0 fully saturated rings. The van der Waals surface area contributed by atoms with Crippen LogP contribution in [0.1, 0.15) is 17.4 Å². The van der Waals surface area contributed by atoms with Crippen molar-refractivity contribution in [3.63, 3.8) is 0 Å². The van der Waals surface area contributed by atoms with E-state index in [-0.39, 0.29) is 0 Å². The van der Waals surface area contributed by atoms with E-state index < -0.39 is 0 Å². The van der Waals surface area contributed by atoms with E-state index in [1.807, 2.05) is 23.1 Å². The monoisotopic (exact) mass is 172 g/mol. The van der Waals surface area contributed by atoms with E-state index in [1.54, 1.807) is 0 Å². The minimum atomic E-state index is 1.19. The molecule has 0 nitrogen and oxygen atoms in total. The quantitative estimate of drug-likeness (QED) is 0.674. The Labute approximate surface area is 70.7 Å². The summed E-state index contributed by atoms with van der Waals surface area (Å²) in [7, 11) is 0. The van der Waals surface area contributed by atoms with Gasteiger partial charge < -0.3 is 0 Å². The lowest BCUT2D eigenvalue weighted by Crippen LogP contribution is -1.72. The van der Waals surface area contributed by atoms with E-state index in [4.69, 9.17) is 0 Å². The molecule has 0 unspecified atom stereocenters. The van der Waals surface area contributed by atoms with Gasteiger partial charge in [-0.1, -0.05) is 6.92 Å². The van der Waals surface area contributed by atoms with Gasteiger partial charge >= 0.3 is 0 Å². The molecule has 0 aliphatic carbocycles. The molecule has 0 aliphatic heterocycles. The Bertz CT molecular complexity index is 191. The van der Waals surface area contributed by atoms with E-state index in [2.05, 4.69) is 25.3 Å². The highest BCUT2D eigenvalue weighted by atomic mass is 32.2. The van der Waals surface area contributed by atoms with E-state index in [0.717, 1.165) is 0 Å². The molecule has 0 aliphatic rings. The Hall–Kier alpha value is 0.0500. The molecule has 0 radical (unpaired) electrons. The Morgan fingerprint density at radius 1 is 1.60 bits per heavy atom. The van der Waals surface area contributed by atoms with Gasteiger partial charge in [-0.15, -0.1) is 11.3 Å². The van der Waals surface area contributed by atoms with Crippen molar-refractivity contribution in [2.45, 2.75) is 19.6 Å². The molecule has 0 saturated carbocycles. The molecule has 0 bridgehead atoms. The van der Waals surface area contributed by atoms with Gasteiger partial charge in [0.05, 0.1) is 0 Å². The predicted molar refractivity (Wildman–Crippen MR) is 50.9 cm³/mol. The van der Waals surface area contributed by atoms with Crippen LogP contribution in [0.25, 0.3) is 0 Å². The summed E-state index contributed by atoms with van der Waals surface area (Å²) in [5.74, 6) is 2.41. The summed E-state index contributed by atoms with van der Waals surface area (Å²) < 4.78 is 0. The summed E-state index contributed by atoms with van der Waals surface area (Å²) in [4.78, 5) is 1.50. The maximum atomic E-state index is 2.27. The predicted octanol–water partition coefficient (Wildman–Crippen LogP) is 3.31. The van der Waals surface area contributed by atoms with Crippen LogP contribution in [0.15, 0.2) is 11.4 Å². The van der Waals surface area contributed by atoms with Gasteiger partial charge in [0.1, 0.15) is 0 Å². The number of thiophene rings is 1. The molecule has 1 aromatic rings. The number of hydrogen-bond donors (Lipinski definition) is 0. The van der Waals surface area contributed by atoms with Crippen molar-refractivity contribution in [2.24, 2.45) is 0 Å². The first-order valence-electron chi connectivity index (χ1n) is 3.44. The lowest BCUT2D eigenvalue weighted by Gasteiger charge is -1.91. The second-order valence-electron chi connectivity index (χ2n) is 2.23. The van der Waals surface area contributed by atoms with Gasteiger partial charge in [-0.2, -0.15) is 11.8 Å². The number of hydrogen-bond acceptors (Lipinski definition) is 2. The molecule has 0 aromatic carbocycles. The first-order chi connectivity index (χ1) is 4.83. The molecule has 56 valence electrons. The van der Waals surface area contributed by atoms with Crippen molar-refractivity contribution in [3.8, 4) is 0 Å². The lowest BCUT2D eigenvalue weighted by molar-refractivity contribution is 1.45. The largest absolute Gasteiger partial charge is 0.157 e. The van der Waals surface area contributed by atoms with Gasteiger partial charge in [-0.25, -0.2) is 0 Å². The first-order valence-corrected chi connectivity index (χ1v) is 5.48. The molecule has 1 rings (SSSR count). The van der Waals surface area contributed by atoms with Crippen molar-refractivity contribution in [2.75, 3.05) is 5.75 Å². The second-order valence-corrected chi connectivity index (χ2v) is 4.50. The van der Waals surface area contributed by atoms with E-state index in [9.17, 15) is 0 Å². The maximum absolute atomic E-state index is 2.27. The van der Waals surface area contributed by atoms with Gasteiger partial charge in [-0.3, -0.25) is 0 Å². The molecule has 1 heterocycles. The zero-order valence-corrected chi connectivity index (χ0v) is 8.02. The number of aryl methyl sites for hydroxylation is 1. The van der Waals surface area contributed by atoms with Crippen LogP contribution >= 0.6 is 23.1 Å². The van der Waals surface area contributed by atoms with Crippen molar-refractivity contribution in [1.29, 1.82) is 0 Å². The van der Waals surface area contributed by atoms with E-state index in [0.29, 0.717) is 0 Å². The van der Waals surface area contributed by atoms with Gasteiger partial charge in [0.15, 0.2) is 0 Å². The Balaban J connectivity index is 2.42. The Morgan fingerprint density at radius 2 is 2.40 bits per heavy atom. The third kappa shape index (κ3) is 2.35. The van der Waals surface area contributed by atoms with Crippen LogP contribution in [-0.4, -0.2) is 5.75 Å². The van der Waals surface area contributed by atoms with Gasteiger partial charge in [0.2, 0.25) is 0 Å². The highest BCUT2D eigenvalue weighted by Gasteiger charge is 1.94. The zero-order chi connectivity index (χ0) is 7.40. The molecule has 10 heavy (non-hydrogen) atoms. The van der Waals surface area contributed by atoms with Gasteiger partial charge in [-0.05, 0) is 29.7 Å². The fourth-order valence-corrected chi connectivity index (χ4v) is 2.44. The van der Waals surface area contributed by atoms with Crippen LogP contribution in [-0.2, 0) is 5.75 Å². The summed E-state index contributed by atoms with van der Waals surface area (Å²) in [5, 5.41) is 2.21. The van der Waals surface area contributed by atoms with Gasteiger partial charge in [0, 0.05) is 10.6 Å².